The minimum Gasteiger partial charge on any atom is -0.352 e. The highest BCUT2D eigenvalue weighted by molar-refractivity contribution is 7.89. The van der Waals surface area contributed by atoms with Crippen molar-refractivity contribution in [3.63, 3.8) is 0 Å². The summed E-state index contributed by atoms with van der Waals surface area (Å²) in [7, 11) is -2.56. The molecule has 0 aliphatic rings. The Labute approximate surface area is 173 Å². The first kappa shape index (κ1) is 21.5. The van der Waals surface area contributed by atoms with E-state index in [1.807, 2.05) is 12.1 Å². The molecule has 2 heterocycles. The van der Waals surface area contributed by atoms with Gasteiger partial charge in [0.1, 0.15) is 11.6 Å². The van der Waals surface area contributed by atoms with Gasteiger partial charge in [0.15, 0.2) is 0 Å². The average Bonchev–Trinajstić information content (AvgIpc) is 2.74. The van der Waals surface area contributed by atoms with E-state index < -0.39 is 21.7 Å². The number of carbonyl (C=O) groups excluding carboxylic acids is 1. The lowest BCUT2D eigenvalue weighted by Gasteiger charge is -2.11. The van der Waals surface area contributed by atoms with Crippen molar-refractivity contribution in [1.82, 2.24) is 25.0 Å². The van der Waals surface area contributed by atoms with Crippen LogP contribution in [-0.2, 0) is 16.4 Å². The Kier molecular flexibility index (Phi) is 6.48. The van der Waals surface area contributed by atoms with E-state index in [1.54, 1.807) is 25.5 Å². The molecule has 2 aromatic heterocycles. The van der Waals surface area contributed by atoms with Gasteiger partial charge in [0.05, 0.1) is 16.2 Å². The predicted molar refractivity (Wildman–Crippen MR) is 109 cm³/mol. The summed E-state index contributed by atoms with van der Waals surface area (Å²) in [6.45, 7) is 1.94. The second-order valence-electron chi connectivity index (χ2n) is 6.37. The van der Waals surface area contributed by atoms with Crippen molar-refractivity contribution in [3.8, 4) is 11.1 Å². The van der Waals surface area contributed by atoms with Crippen molar-refractivity contribution in [2.75, 3.05) is 13.6 Å². The van der Waals surface area contributed by atoms with Gasteiger partial charge in [-0.05, 0) is 49.9 Å². The molecule has 1 amide bonds. The van der Waals surface area contributed by atoms with Crippen LogP contribution in [0.15, 0.2) is 53.8 Å². The molecular formula is C20H20FN5O3S. The average molecular weight is 429 g/mol. The third kappa shape index (κ3) is 4.84. The van der Waals surface area contributed by atoms with Gasteiger partial charge in [-0.1, -0.05) is 0 Å². The molecule has 0 radical (unpaired) electrons. The van der Waals surface area contributed by atoms with Crippen LogP contribution in [0.3, 0.4) is 0 Å². The number of carbonyl (C=O) groups is 1. The number of nitrogens with zero attached hydrogens (tertiary/aromatic N) is 3. The van der Waals surface area contributed by atoms with E-state index in [4.69, 9.17) is 0 Å². The molecule has 0 saturated heterocycles. The number of benzene rings is 1. The Morgan fingerprint density at radius 1 is 1.17 bits per heavy atom. The number of hydrogen-bond donors (Lipinski definition) is 2. The summed E-state index contributed by atoms with van der Waals surface area (Å²) in [6.07, 6.45) is 5.41. The molecule has 1 aromatic carbocycles. The second kappa shape index (κ2) is 9.06. The summed E-state index contributed by atoms with van der Waals surface area (Å²) < 4.78 is 40.0. The van der Waals surface area contributed by atoms with Crippen LogP contribution < -0.4 is 10.0 Å². The van der Waals surface area contributed by atoms with Crippen LogP contribution in [0.1, 0.15) is 21.9 Å². The number of sulfonamides is 1. The van der Waals surface area contributed by atoms with Crippen LogP contribution in [0.4, 0.5) is 4.39 Å². The molecule has 0 bridgehead atoms. The summed E-state index contributed by atoms with van der Waals surface area (Å²) in [5.41, 5.74) is 2.08. The largest absolute Gasteiger partial charge is 0.352 e. The van der Waals surface area contributed by atoms with E-state index in [0.717, 1.165) is 35.0 Å². The molecule has 30 heavy (non-hydrogen) atoms. The number of rotatable bonds is 7. The fourth-order valence-corrected chi connectivity index (χ4v) is 3.59. The van der Waals surface area contributed by atoms with E-state index in [1.165, 1.54) is 7.05 Å². The molecule has 0 unspecified atom stereocenters. The fourth-order valence-electron chi connectivity index (χ4n) is 2.83. The van der Waals surface area contributed by atoms with Crippen molar-refractivity contribution in [3.05, 3.63) is 71.8 Å². The molecule has 0 aliphatic heterocycles. The number of hydrogen-bond acceptors (Lipinski definition) is 6. The number of amides is 1. The number of aromatic nitrogens is 3. The second-order valence-corrected chi connectivity index (χ2v) is 8.26. The minimum atomic E-state index is -3.79. The molecule has 0 aliphatic carbocycles. The predicted octanol–water partition coefficient (Wildman–Crippen LogP) is 1.87. The van der Waals surface area contributed by atoms with Crippen molar-refractivity contribution < 1.29 is 17.6 Å². The van der Waals surface area contributed by atoms with Gasteiger partial charge in [-0.3, -0.25) is 9.78 Å². The third-order valence-corrected chi connectivity index (χ3v) is 5.80. The Morgan fingerprint density at radius 2 is 1.90 bits per heavy atom. The van der Waals surface area contributed by atoms with Gasteiger partial charge in [-0.25, -0.2) is 27.5 Å². The molecular weight excluding hydrogens is 409 g/mol. The first-order valence-electron chi connectivity index (χ1n) is 9.06. The van der Waals surface area contributed by atoms with Crippen molar-refractivity contribution in [2.24, 2.45) is 0 Å². The molecule has 3 rings (SSSR count). The van der Waals surface area contributed by atoms with Crippen molar-refractivity contribution >= 4 is 15.9 Å². The van der Waals surface area contributed by atoms with Gasteiger partial charge in [0, 0.05) is 37.1 Å². The molecule has 0 atom stereocenters. The Hall–Kier alpha value is -3.24. The zero-order valence-corrected chi connectivity index (χ0v) is 17.2. The SMILES string of the molecule is CNS(=O)(=O)c1ccc(F)c(C(=O)NCCc2nc(C)ncc2-c2ccncc2)c1. The van der Waals surface area contributed by atoms with Gasteiger partial charge in [-0.2, -0.15) is 0 Å². The first-order chi connectivity index (χ1) is 14.3. The van der Waals surface area contributed by atoms with Crippen molar-refractivity contribution in [1.29, 1.82) is 0 Å². The molecule has 10 heteroatoms. The van der Waals surface area contributed by atoms with Crippen LogP contribution in [0.25, 0.3) is 11.1 Å². The van der Waals surface area contributed by atoms with Gasteiger partial charge >= 0.3 is 0 Å². The van der Waals surface area contributed by atoms with Crippen LogP contribution in [0.2, 0.25) is 0 Å². The van der Waals surface area contributed by atoms with Crippen LogP contribution in [-0.4, -0.2) is 42.9 Å². The zero-order valence-electron chi connectivity index (χ0n) is 16.4. The van der Waals surface area contributed by atoms with Crippen molar-refractivity contribution in [2.45, 2.75) is 18.2 Å². The van der Waals surface area contributed by atoms with Gasteiger partial charge in [0.2, 0.25) is 10.0 Å². The number of halogens is 1. The van der Waals surface area contributed by atoms with Gasteiger partial charge < -0.3 is 5.32 Å². The summed E-state index contributed by atoms with van der Waals surface area (Å²) in [6, 6.07) is 6.73. The Morgan fingerprint density at radius 3 is 2.60 bits per heavy atom. The lowest BCUT2D eigenvalue weighted by Crippen LogP contribution is -2.27. The van der Waals surface area contributed by atoms with Crippen LogP contribution in [0, 0.1) is 12.7 Å². The molecule has 156 valence electrons. The van der Waals surface area contributed by atoms with E-state index >= 15 is 0 Å². The highest BCUT2D eigenvalue weighted by Gasteiger charge is 2.18. The van der Waals surface area contributed by atoms with Gasteiger partial charge in [-0.15, -0.1) is 0 Å². The topological polar surface area (TPSA) is 114 Å². The molecule has 0 saturated carbocycles. The highest BCUT2D eigenvalue weighted by atomic mass is 32.2. The van der Waals surface area contributed by atoms with E-state index in [0.29, 0.717) is 12.2 Å². The van der Waals surface area contributed by atoms with Crippen LogP contribution >= 0.6 is 0 Å². The van der Waals surface area contributed by atoms with Gasteiger partial charge in [0.25, 0.3) is 5.91 Å². The maximum Gasteiger partial charge on any atom is 0.254 e. The summed E-state index contributed by atoms with van der Waals surface area (Å²) in [5.74, 6) is -0.931. The number of nitrogens with one attached hydrogen (secondary N) is 2. The summed E-state index contributed by atoms with van der Waals surface area (Å²) in [4.78, 5) is 24.9. The Bertz CT molecular complexity index is 1170. The molecule has 2 N–H and O–H groups in total. The quantitative estimate of drug-likeness (QED) is 0.593. The lowest BCUT2D eigenvalue weighted by atomic mass is 10.1. The fraction of sp³-hybridized carbons (Fsp3) is 0.200. The third-order valence-electron chi connectivity index (χ3n) is 4.39. The molecule has 0 fully saturated rings. The van der Waals surface area contributed by atoms with Crippen LogP contribution in [0.5, 0.6) is 0 Å². The lowest BCUT2D eigenvalue weighted by molar-refractivity contribution is 0.0950. The number of pyridine rings is 1. The maximum absolute atomic E-state index is 14.1. The normalized spacial score (nSPS) is 11.3. The maximum atomic E-state index is 14.1. The van der Waals surface area contributed by atoms with E-state index in [9.17, 15) is 17.6 Å². The van der Waals surface area contributed by atoms with E-state index in [2.05, 4.69) is 25.0 Å². The smallest absolute Gasteiger partial charge is 0.254 e. The van der Waals surface area contributed by atoms with E-state index in [-0.39, 0.29) is 17.0 Å². The standard InChI is InChI=1S/C20H20FN5O3S/c1-13-25-12-17(14-5-8-23-9-6-14)19(26-13)7-10-24-20(27)16-11-15(3-4-18(16)21)30(28,29)22-2/h3-6,8-9,11-12,22H,7,10H2,1-2H3,(H,24,27). The summed E-state index contributed by atoms with van der Waals surface area (Å²) >= 11 is 0. The summed E-state index contributed by atoms with van der Waals surface area (Å²) in [5, 5.41) is 2.62. The Balaban J connectivity index is 1.76. The molecule has 3 aromatic rings. The zero-order chi connectivity index (χ0) is 21.7. The highest BCUT2D eigenvalue weighted by Crippen LogP contribution is 2.21. The number of aryl methyl sites for hydroxylation is 1. The monoisotopic (exact) mass is 429 g/mol. The molecule has 0 spiro atoms. The molecule has 8 nitrogen and oxygen atoms in total. The minimum absolute atomic E-state index is 0.176. The first-order valence-corrected chi connectivity index (χ1v) is 10.5.